The largest absolute Gasteiger partial charge is 0.497 e. The molecule has 1 N–H and O–H groups in total. The number of carbonyl (C=O) groups excluding carboxylic acids is 2. The molecule has 0 aliphatic heterocycles. The summed E-state index contributed by atoms with van der Waals surface area (Å²) in [5.41, 5.74) is 1.56. The maximum absolute atomic E-state index is 14.0. The standard InChI is InChI=1S/C28H31Cl2N3O5S/c1-5-26(28(35)31-3)32(17-23-24(29)10-7-11-25(23)30)27(34)18-33(20-8-6-9-21(16-20)38-4)39(36,37)22-14-12-19(2)13-15-22/h6-16,26H,5,17-18H2,1-4H3,(H,31,35)/t26-/m1/s1. The Morgan fingerprint density at radius 3 is 2.18 bits per heavy atom. The fourth-order valence-electron chi connectivity index (χ4n) is 4.07. The molecule has 0 bridgehead atoms. The van der Waals surface area contributed by atoms with Gasteiger partial charge in [-0.15, -0.1) is 0 Å². The molecule has 3 aromatic rings. The number of rotatable bonds is 11. The molecule has 11 heteroatoms. The van der Waals surface area contributed by atoms with Gasteiger partial charge >= 0.3 is 0 Å². The molecule has 0 aliphatic carbocycles. The molecule has 0 aliphatic rings. The number of ether oxygens (including phenoxy) is 1. The van der Waals surface area contributed by atoms with E-state index in [4.69, 9.17) is 27.9 Å². The molecule has 39 heavy (non-hydrogen) atoms. The lowest BCUT2D eigenvalue weighted by molar-refractivity contribution is -0.140. The molecule has 0 saturated heterocycles. The van der Waals surface area contributed by atoms with E-state index >= 15 is 0 Å². The molecule has 0 heterocycles. The van der Waals surface area contributed by atoms with Crippen LogP contribution in [0.3, 0.4) is 0 Å². The van der Waals surface area contributed by atoms with Gasteiger partial charge in [-0.25, -0.2) is 8.42 Å². The van der Waals surface area contributed by atoms with Gasteiger partial charge in [0.15, 0.2) is 0 Å². The Labute approximate surface area is 239 Å². The van der Waals surface area contributed by atoms with Crippen molar-refractivity contribution in [3.05, 3.63) is 87.9 Å². The van der Waals surface area contributed by atoms with Gasteiger partial charge in [-0.1, -0.05) is 60.0 Å². The zero-order chi connectivity index (χ0) is 28.7. The number of aryl methyl sites for hydroxylation is 1. The van der Waals surface area contributed by atoms with Crippen molar-refractivity contribution in [2.24, 2.45) is 0 Å². The molecular formula is C28H31Cl2N3O5S. The highest BCUT2D eigenvalue weighted by molar-refractivity contribution is 7.92. The number of nitrogens with zero attached hydrogens (tertiary/aromatic N) is 2. The highest BCUT2D eigenvalue weighted by atomic mass is 35.5. The monoisotopic (exact) mass is 591 g/mol. The Balaban J connectivity index is 2.11. The number of methoxy groups -OCH3 is 1. The third-order valence-corrected chi connectivity index (χ3v) is 8.75. The number of halogens is 2. The lowest BCUT2D eigenvalue weighted by atomic mass is 10.1. The van der Waals surface area contributed by atoms with Crippen molar-refractivity contribution in [3.8, 4) is 5.75 Å². The maximum atomic E-state index is 14.0. The first-order valence-corrected chi connectivity index (χ1v) is 14.4. The number of amides is 2. The summed E-state index contributed by atoms with van der Waals surface area (Å²) >= 11 is 12.8. The van der Waals surface area contributed by atoms with Crippen LogP contribution in [0.1, 0.15) is 24.5 Å². The minimum absolute atomic E-state index is 0.0164. The van der Waals surface area contributed by atoms with E-state index in [0.717, 1.165) is 9.87 Å². The molecule has 0 unspecified atom stereocenters. The van der Waals surface area contributed by atoms with Crippen molar-refractivity contribution in [1.82, 2.24) is 10.2 Å². The van der Waals surface area contributed by atoms with Crippen molar-refractivity contribution in [2.75, 3.05) is 25.0 Å². The van der Waals surface area contributed by atoms with Gasteiger partial charge in [0, 0.05) is 35.3 Å². The Morgan fingerprint density at radius 2 is 1.62 bits per heavy atom. The molecule has 0 aromatic heterocycles. The predicted octanol–water partition coefficient (Wildman–Crippen LogP) is 5.06. The third-order valence-electron chi connectivity index (χ3n) is 6.25. The zero-order valence-corrected chi connectivity index (χ0v) is 24.5. The van der Waals surface area contributed by atoms with Gasteiger partial charge < -0.3 is 15.0 Å². The Bertz CT molecular complexity index is 1410. The number of nitrogens with one attached hydrogen (secondary N) is 1. The van der Waals surface area contributed by atoms with Crippen LogP contribution >= 0.6 is 23.2 Å². The number of carbonyl (C=O) groups is 2. The summed E-state index contributed by atoms with van der Waals surface area (Å²) in [6.07, 6.45) is 0.275. The Kier molecular flexibility index (Phi) is 10.2. The fourth-order valence-corrected chi connectivity index (χ4v) is 5.99. The van der Waals surface area contributed by atoms with E-state index in [-0.39, 0.29) is 23.5 Å². The molecule has 3 rings (SSSR count). The van der Waals surface area contributed by atoms with E-state index in [1.165, 1.54) is 37.3 Å². The summed E-state index contributed by atoms with van der Waals surface area (Å²) in [7, 11) is -1.26. The molecule has 8 nitrogen and oxygen atoms in total. The first kappa shape index (κ1) is 30.3. The molecule has 0 radical (unpaired) electrons. The Hall–Kier alpha value is -3.27. The lowest BCUT2D eigenvalue weighted by Crippen LogP contribution is -2.51. The van der Waals surface area contributed by atoms with E-state index in [1.54, 1.807) is 55.5 Å². The number of likely N-dealkylation sites (N-methyl/N-ethyl adjacent to an activating group) is 1. The van der Waals surface area contributed by atoms with Gasteiger partial charge in [0.2, 0.25) is 11.8 Å². The second-order valence-corrected chi connectivity index (χ2v) is 11.5. The fraction of sp³-hybridized carbons (Fsp3) is 0.286. The summed E-state index contributed by atoms with van der Waals surface area (Å²) in [5, 5.41) is 3.23. The van der Waals surface area contributed by atoms with Crippen LogP contribution in [0.2, 0.25) is 10.0 Å². The lowest BCUT2D eigenvalue weighted by Gasteiger charge is -2.33. The van der Waals surface area contributed by atoms with Crippen LogP contribution in [0.15, 0.2) is 71.6 Å². The van der Waals surface area contributed by atoms with E-state index < -0.39 is 34.4 Å². The predicted molar refractivity (Wildman–Crippen MR) is 154 cm³/mol. The van der Waals surface area contributed by atoms with Crippen LogP contribution in [0, 0.1) is 6.92 Å². The van der Waals surface area contributed by atoms with E-state index in [0.29, 0.717) is 21.4 Å². The highest BCUT2D eigenvalue weighted by Crippen LogP contribution is 2.30. The van der Waals surface area contributed by atoms with Crippen LogP contribution in [0.25, 0.3) is 0 Å². The number of hydrogen-bond acceptors (Lipinski definition) is 5. The van der Waals surface area contributed by atoms with E-state index in [9.17, 15) is 18.0 Å². The van der Waals surface area contributed by atoms with Gasteiger partial charge in [-0.3, -0.25) is 13.9 Å². The van der Waals surface area contributed by atoms with Gasteiger partial charge in [0.25, 0.3) is 10.0 Å². The van der Waals surface area contributed by atoms with Crippen LogP contribution in [0.5, 0.6) is 5.75 Å². The van der Waals surface area contributed by atoms with E-state index in [2.05, 4.69) is 5.32 Å². The van der Waals surface area contributed by atoms with Crippen LogP contribution in [-0.4, -0.2) is 51.9 Å². The molecule has 2 amide bonds. The Morgan fingerprint density at radius 1 is 1.00 bits per heavy atom. The van der Waals surface area contributed by atoms with Crippen LogP contribution in [-0.2, 0) is 26.2 Å². The average Bonchev–Trinajstić information content (AvgIpc) is 2.92. The third kappa shape index (κ3) is 7.03. The second kappa shape index (κ2) is 13.2. The number of benzene rings is 3. The van der Waals surface area contributed by atoms with Crippen LogP contribution in [0.4, 0.5) is 5.69 Å². The zero-order valence-electron chi connectivity index (χ0n) is 22.1. The molecule has 1 atom stereocenters. The van der Waals surface area contributed by atoms with Gasteiger partial charge in [-0.2, -0.15) is 0 Å². The normalized spacial score (nSPS) is 11.9. The number of hydrogen-bond donors (Lipinski definition) is 1. The minimum Gasteiger partial charge on any atom is -0.497 e. The average molecular weight is 593 g/mol. The van der Waals surface area contributed by atoms with Crippen molar-refractivity contribution in [2.45, 2.75) is 37.8 Å². The molecule has 0 fully saturated rings. The van der Waals surface area contributed by atoms with Gasteiger partial charge in [-0.05, 0) is 49.7 Å². The molecule has 0 spiro atoms. The van der Waals surface area contributed by atoms with Crippen molar-refractivity contribution in [1.29, 1.82) is 0 Å². The first-order valence-electron chi connectivity index (χ1n) is 12.2. The second-order valence-electron chi connectivity index (χ2n) is 8.79. The summed E-state index contributed by atoms with van der Waals surface area (Å²) in [6.45, 7) is 2.93. The van der Waals surface area contributed by atoms with Gasteiger partial charge in [0.05, 0.1) is 17.7 Å². The smallest absolute Gasteiger partial charge is 0.264 e. The van der Waals surface area contributed by atoms with Crippen molar-refractivity contribution in [3.63, 3.8) is 0 Å². The summed E-state index contributed by atoms with van der Waals surface area (Å²) in [6, 6.07) is 16.8. The number of sulfonamides is 1. The molecular weight excluding hydrogens is 561 g/mol. The molecule has 0 saturated carbocycles. The topological polar surface area (TPSA) is 96.0 Å². The minimum atomic E-state index is -4.19. The number of anilines is 1. The highest BCUT2D eigenvalue weighted by Gasteiger charge is 2.34. The van der Waals surface area contributed by atoms with E-state index in [1.807, 2.05) is 6.92 Å². The van der Waals surface area contributed by atoms with Crippen molar-refractivity contribution < 1.29 is 22.7 Å². The maximum Gasteiger partial charge on any atom is 0.264 e. The molecule has 208 valence electrons. The molecule has 3 aromatic carbocycles. The SMILES string of the molecule is CC[C@H](C(=O)NC)N(Cc1c(Cl)cccc1Cl)C(=O)CN(c1cccc(OC)c1)S(=O)(=O)c1ccc(C)cc1. The summed E-state index contributed by atoms with van der Waals surface area (Å²) < 4.78 is 34.1. The first-order chi connectivity index (χ1) is 18.5. The quantitative estimate of drug-likeness (QED) is 0.336. The van der Waals surface area contributed by atoms with Gasteiger partial charge in [0.1, 0.15) is 18.3 Å². The summed E-state index contributed by atoms with van der Waals surface area (Å²) in [5.74, 6) is -0.594. The van der Waals surface area contributed by atoms with Crippen LogP contribution < -0.4 is 14.4 Å². The summed E-state index contributed by atoms with van der Waals surface area (Å²) in [4.78, 5) is 28.1. The van der Waals surface area contributed by atoms with Crippen molar-refractivity contribution >= 4 is 50.7 Å².